The molecule has 1 aromatic carbocycles. The Morgan fingerprint density at radius 2 is 1.83 bits per heavy atom. The predicted molar refractivity (Wildman–Crippen MR) is 92.6 cm³/mol. The molecule has 1 aliphatic rings. The highest BCUT2D eigenvalue weighted by molar-refractivity contribution is 5.73. The Kier molecular flexibility index (Phi) is 4.79. The summed E-state index contributed by atoms with van der Waals surface area (Å²) < 4.78 is 5.80. The van der Waals surface area contributed by atoms with Crippen molar-refractivity contribution in [3.05, 3.63) is 36.7 Å². The second-order valence-electron chi connectivity index (χ2n) is 5.58. The summed E-state index contributed by atoms with van der Waals surface area (Å²) in [7, 11) is 1.87. The Bertz CT molecular complexity index is 696. The minimum absolute atomic E-state index is 0.117. The molecule has 0 radical (unpaired) electrons. The van der Waals surface area contributed by atoms with Crippen LogP contribution in [0.5, 0.6) is 11.6 Å². The van der Waals surface area contributed by atoms with Crippen molar-refractivity contribution >= 4 is 17.4 Å². The minimum Gasteiger partial charge on any atom is -0.439 e. The van der Waals surface area contributed by atoms with Crippen LogP contribution in [0.1, 0.15) is 6.92 Å². The number of hydrogen-bond acceptors (Lipinski definition) is 6. The Balaban J connectivity index is 1.66. The topological polar surface area (TPSA) is 70.6 Å². The van der Waals surface area contributed by atoms with E-state index in [1.807, 2.05) is 42.3 Å². The van der Waals surface area contributed by atoms with Crippen molar-refractivity contribution in [2.75, 3.05) is 43.4 Å². The molecule has 3 rings (SSSR count). The first-order valence-corrected chi connectivity index (χ1v) is 7.94. The second-order valence-corrected chi connectivity index (χ2v) is 5.58. The number of amides is 1. The van der Waals surface area contributed by atoms with Gasteiger partial charge in [-0.3, -0.25) is 4.79 Å². The van der Waals surface area contributed by atoms with E-state index in [1.165, 1.54) is 6.33 Å². The molecule has 1 aliphatic heterocycles. The number of hydrogen-bond donors (Lipinski definition) is 1. The van der Waals surface area contributed by atoms with Gasteiger partial charge in [-0.2, -0.15) is 0 Å². The van der Waals surface area contributed by atoms with Crippen LogP contribution in [0.2, 0.25) is 0 Å². The van der Waals surface area contributed by atoms with Gasteiger partial charge in [-0.15, -0.1) is 0 Å². The third-order valence-corrected chi connectivity index (χ3v) is 4.04. The van der Waals surface area contributed by atoms with E-state index in [1.54, 1.807) is 6.92 Å². The summed E-state index contributed by atoms with van der Waals surface area (Å²) in [5, 5.41) is 3.07. The zero-order valence-electron chi connectivity index (χ0n) is 13.9. The van der Waals surface area contributed by atoms with Crippen molar-refractivity contribution in [1.29, 1.82) is 0 Å². The van der Waals surface area contributed by atoms with Gasteiger partial charge in [0.25, 0.3) is 0 Å². The van der Waals surface area contributed by atoms with E-state index in [2.05, 4.69) is 20.2 Å². The molecule has 126 valence electrons. The first kappa shape index (κ1) is 16.0. The van der Waals surface area contributed by atoms with Gasteiger partial charge >= 0.3 is 0 Å². The average Bonchev–Trinajstić information content (AvgIpc) is 2.63. The third-order valence-electron chi connectivity index (χ3n) is 4.04. The van der Waals surface area contributed by atoms with Gasteiger partial charge < -0.3 is 19.9 Å². The van der Waals surface area contributed by atoms with Crippen molar-refractivity contribution < 1.29 is 9.53 Å². The highest BCUT2D eigenvalue weighted by Gasteiger charge is 2.20. The maximum absolute atomic E-state index is 11.4. The number of carbonyl (C=O) groups excluding carboxylic acids is 1. The Morgan fingerprint density at radius 3 is 2.46 bits per heavy atom. The molecule has 0 bridgehead atoms. The van der Waals surface area contributed by atoms with Crippen LogP contribution in [0.4, 0.5) is 11.5 Å². The van der Waals surface area contributed by atoms with Crippen LogP contribution in [0, 0.1) is 0 Å². The van der Waals surface area contributed by atoms with Crippen molar-refractivity contribution in [3.8, 4) is 11.6 Å². The van der Waals surface area contributed by atoms with Gasteiger partial charge in [-0.1, -0.05) is 0 Å². The molecular formula is C17H21N5O2. The summed E-state index contributed by atoms with van der Waals surface area (Å²) >= 11 is 0. The molecule has 0 saturated carbocycles. The molecule has 0 unspecified atom stereocenters. The molecule has 1 saturated heterocycles. The molecule has 1 N–H and O–H groups in total. The van der Waals surface area contributed by atoms with Gasteiger partial charge in [0.1, 0.15) is 17.9 Å². The normalized spacial score (nSPS) is 14.4. The largest absolute Gasteiger partial charge is 0.439 e. The van der Waals surface area contributed by atoms with Crippen LogP contribution in [-0.2, 0) is 4.79 Å². The van der Waals surface area contributed by atoms with Crippen molar-refractivity contribution in [2.24, 2.45) is 0 Å². The minimum atomic E-state index is 0.117. The fraction of sp³-hybridized carbons (Fsp3) is 0.353. The molecule has 0 aliphatic carbocycles. The van der Waals surface area contributed by atoms with Gasteiger partial charge in [-0.05, 0) is 24.3 Å². The summed E-state index contributed by atoms with van der Waals surface area (Å²) in [6.07, 6.45) is 1.50. The summed E-state index contributed by atoms with van der Waals surface area (Å²) in [5.41, 5.74) is 1.02. The lowest BCUT2D eigenvalue weighted by Gasteiger charge is -2.34. The number of carbonyl (C=O) groups is 1. The van der Waals surface area contributed by atoms with E-state index in [0.717, 1.165) is 30.3 Å². The molecule has 7 nitrogen and oxygen atoms in total. The lowest BCUT2D eigenvalue weighted by Crippen LogP contribution is -2.48. The molecule has 0 spiro atoms. The molecule has 1 fully saturated rings. The van der Waals surface area contributed by atoms with E-state index >= 15 is 0 Å². The monoisotopic (exact) mass is 327 g/mol. The number of nitrogens with zero attached hydrogens (tertiary/aromatic N) is 4. The highest BCUT2D eigenvalue weighted by atomic mass is 16.5. The smallest absolute Gasteiger partial charge is 0.224 e. The van der Waals surface area contributed by atoms with Gasteiger partial charge in [0.2, 0.25) is 11.8 Å². The number of anilines is 2. The van der Waals surface area contributed by atoms with Crippen LogP contribution in [0.15, 0.2) is 36.7 Å². The van der Waals surface area contributed by atoms with E-state index in [4.69, 9.17) is 4.74 Å². The zero-order chi connectivity index (χ0) is 16.9. The molecule has 24 heavy (non-hydrogen) atoms. The standard InChI is InChI=1S/C17H21N5O2/c1-13(23)21-7-9-22(10-8-21)16-11-17(20-12-19-16)24-15-5-3-14(18-2)4-6-15/h3-6,11-12,18H,7-10H2,1-2H3. The average molecular weight is 327 g/mol. The Morgan fingerprint density at radius 1 is 1.12 bits per heavy atom. The molecule has 1 aromatic heterocycles. The summed E-state index contributed by atoms with van der Waals surface area (Å²) in [4.78, 5) is 23.9. The zero-order valence-corrected chi connectivity index (χ0v) is 13.9. The molecule has 1 amide bonds. The number of aromatic nitrogens is 2. The fourth-order valence-corrected chi connectivity index (χ4v) is 2.62. The maximum Gasteiger partial charge on any atom is 0.224 e. The van der Waals surface area contributed by atoms with Crippen molar-refractivity contribution in [1.82, 2.24) is 14.9 Å². The molecule has 2 heterocycles. The summed E-state index contributed by atoms with van der Waals surface area (Å²) in [5.74, 6) is 2.16. The van der Waals surface area contributed by atoms with Crippen LogP contribution in [0.3, 0.4) is 0 Å². The van der Waals surface area contributed by atoms with Crippen LogP contribution in [0.25, 0.3) is 0 Å². The molecule has 2 aromatic rings. The second kappa shape index (κ2) is 7.16. The van der Waals surface area contributed by atoms with Crippen LogP contribution >= 0.6 is 0 Å². The van der Waals surface area contributed by atoms with Crippen molar-refractivity contribution in [3.63, 3.8) is 0 Å². The quantitative estimate of drug-likeness (QED) is 0.926. The number of benzene rings is 1. The van der Waals surface area contributed by atoms with E-state index < -0.39 is 0 Å². The third kappa shape index (κ3) is 3.73. The van der Waals surface area contributed by atoms with E-state index in [0.29, 0.717) is 19.0 Å². The lowest BCUT2D eigenvalue weighted by atomic mass is 10.3. The first-order chi connectivity index (χ1) is 11.7. The maximum atomic E-state index is 11.4. The number of nitrogens with one attached hydrogen (secondary N) is 1. The number of rotatable bonds is 4. The van der Waals surface area contributed by atoms with Gasteiger partial charge in [-0.25, -0.2) is 9.97 Å². The van der Waals surface area contributed by atoms with Crippen LogP contribution < -0.4 is 15.0 Å². The SMILES string of the molecule is CNc1ccc(Oc2cc(N3CCN(C(C)=O)CC3)ncn2)cc1. The predicted octanol–water partition coefficient (Wildman–Crippen LogP) is 1.98. The van der Waals surface area contributed by atoms with Gasteiger partial charge in [0, 0.05) is 51.9 Å². The summed E-state index contributed by atoms with van der Waals surface area (Å²) in [6, 6.07) is 9.49. The van der Waals surface area contributed by atoms with Crippen LogP contribution in [-0.4, -0.2) is 54.0 Å². The van der Waals surface area contributed by atoms with E-state index in [-0.39, 0.29) is 5.91 Å². The number of piperazine rings is 1. The Labute approximate surface area is 141 Å². The molecule has 7 heteroatoms. The summed E-state index contributed by atoms with van der Waals surface area (Å²) in [6.45, 7) is 4.54. The fourth-order valence-electron chi connectivity index (χ4n) is 2.62. The molecular weight excluding hydrogens is 306 g/mol. The van der Waals surface area contributed by atoms with Crippen molar-refractivity contribution in [2.45, 2.75) is 6.92 Å². The van der Waals surface area contributed by atoms with Gasteiger partial charge in [0.05, 0.1) is 0 Å². The highest BCUT2D eigenvalue weighted by Crippen LogP contribution is 2.24. The lowest BCUT2D eigenvalue weighted by molar-refractivity contribution is -0.129. The van der Waals surface area contributed by atoms with E-state index in [9.17, 15) is 4.79 Å². The molecule has 0 atom stereocenters. The van der Waals surface area contributed by atoms with Gasteiger partial charge in [0.15, 0.2) is 0 Å². The Hall–Kier alpha value is -2.83. The number of ether oxygens (including phenoxy) is 1. The first-order valence-electron chi connectivity index (χ1n) is 7.94.